The number of benzene rings is 1. The highest BCUT2D eigenvalue weighted by Crippen LogP contribution is 2.57. The molecular formula is C13H14F4O. The van der Waals surface area contributed by atoms with E-state index in [2.05, 4.69) is 0 Å². The van der Waals surface area contributed by atoms with Crippen molar-refractivity contribution in [2.24, 2.45) is 11.3 Å². The second-order valence-corrected chi connectivity index (χ2v) is 5.48. The molecule has 0 spiro atoms. The van der Waals surface area contributed by atoms with E-state index in [1.54, 1.807) is 0 Å². The number of hydrogen-bond acceptors (Lipinski definition) is 1. The first kappa shape index (κ1) is 13.3. The van der Waals surface area contributed by atoms with Gasteiger partial charge in [-0.2, -0.15) is 13.2 Å². The predicted molar refractivity (Wildman–Crippen MR) is 58.2 cm³/mol. The third-order valence-corrected chi connectivity index (χ3v) is 3.61. The Morgan fingerprint density at radius 3 is 2.33 bits per heavy atom. The van der Waals surface area contributed by atoms with Gasteiger partial charge in [0.05, 0.1) is 11.7 Å². The van der Waals surface area contributed by atoms with E-state index in [0.717, 1.165) is 12.5 Å². The lowest BCUT2D eigenvalue weighted by atomic mass is 9.98. The van der Waals surface area contributed by atoms with Gasteiger partial charge in [-0.3, -0.25) is 0 Å². The molecule has 1 saturated carbocycles. The molecule has 1 nitrogen and oxygen atoms in total. The van der Waals surface area contributed by atoms with Crippen molar-refractivity contribution < 1.29 is 22.7 Å². The quantitative estimate of drug-likeness (QED) is 0.801. The van der Waals surface area contributed by atoms with Crippen LogP contribution in [0.15, 0.2) is 18.2 Å². The smallest absolute Gasteiger partial charge is 0.388 e. The van der Waals surface area contributed by atoms with Crippen LogP contribution >= 0.6 is 0 Å². The minimum Gasteiger partial charge on any atom is -0.388 e. The maximum atomic E-state index is 13.1. The van der Waals surface area contributed by atoms with Gasteiger partial charge in [0, 0.05) is 0 Å². The summed E-state index contributed by atoms with van der Waals surface area (Å²) < 4.78 is 50.7. The number of halogens is 4. The van der Waals surface area contributed by atoms with Gasteiger partial charge in [-0.05, 0) is 35.4 Å². The summed E-state index contributed by atoms with van der Waals surface area (Å²) >= 11 is 0. The summed E-state index contributed by atoms with van der Waals surface area (Å²) in [4.78, 5) is 0. The maximum absolute atomic E-state index is 13.1. The summed E-state index contributed by atoms with van der Waals surface area (Å²) in [5, 5.41) is 9.99. The van der Waals surface area contributed by atoms with E-state index < -0.39 is 23.7 Å². The minimum absolute atomic E-state index is 0.0633. The van der Waals surface area contributed by atoms with Gasteiger partial charge >= 0.3 is 6.18 Å². The third kappa shape index (κ3) is 2.36. The second-order valence-electron chi connectivity index (χ2n) is 5.48. The van der Waals surface area contributed by atoms with Crippen LogP contribution in [0.4, 0.5) is 17.6 Å². The number of hydrogen-bond donors (Lipinski definition) is 1. The van der Waals surface area contributed by atoms with Crippen LogP contribution in [0.25, 0.3) is 0 Å². The van der Waals surface area contributed by atoms with Crippen molar-refractivity contribution in [3.63, 3.8) is 0 Å². The first-order valence-electron chi connectivity index (χ1n) is 5.67. The Bertz CT molecular complexity index is 465. The van der Waals surface area contributed by atoms with Crippen LogP contribution in [-0.4, -0.2) is 5.11 Å². The van der Waals surface area contributed by atoms with Crippen molar-refractivity contribution in [3.8, 4) is 0 Å². The summed E-state index contributed by atoms with van der Waals surface area (Å²) in [6, 6.07) is 2.68. The van der Waals surface area contributed by atoms with Crippen molar-refractivity contribution in [1.29, 1.82) is 0 Å². The van der Waals surface area contributed by atoms with E-state index in [4.69, 9.17) is 0 Å². The highest BCUT2D eigenvalue weighted by atomic mass is 19.4. The first-order chi connectivity index (χ1) is 8.13. The van der Waals surface area contributed by atoms with Gasteiger partial charge in [0.25, 0.3) is 0 Å². The largest absolute Gasteiger partial charge is 0.419 e. The average Bonchev–Trinajstić information content (AvgIpc) is 2.86. The molecule has 0 aromatic heterocycles. The lowest BCUT2D eigenvalue weighted by Gasteiger charge is -2.15. The summed E-state index contributed by atoms with van der Waals surface area (Å²) in [6.45, 7) is 3.88. The molecule has 1 aromatic carbocycles. The first-order valence-corrected chi connectivity index (χ1v) is 5.67. The molecular weight excluding hydrogens is 248 g/mol. The van der Waals surface area contributed by atoms with Gasteiger partial charge < -0.3 is 5.11 Å². The molecule has 2 atom stereocenters. The molecule has 0 aliphatic heterocycles. The molecule has 0 heterocycles. The summed E-state index contributed by atoms with van der Waals surface area (Å²) in [6.07, 6.45) is -4.95. The van der Waals surface area contributed by atoms with E-state index >= 15 is 0 Å². The normalized spacial score (nSPS) is 23.8. The molecule has 100 valence electrons. The molecule has 18 heavy (non-hydrogen) atoms. The van der Waals surface area contributed by atoms with Crippen molar-refractivity contribution in [1.82, 2.24) is 0 Å². The zero-order valence-corrected chi connectivity index (χ0v) is 10.1. The molecule has 2 unspecified atom stereocenters. The number of aliphatic hydroxyl groups is 1. The van der Waals surface area contributed by atoms with Crippen molar-refractivity contribution in [2.45, 2.75) is 32.5 Å². The van der Waals surface area contributed by atoms with Crippen molar-refractivity contribution >= 4 is 0 Å². The van der Waals surface area contributed by atoms with Gasteiger partial charge in [-0.15, -0.1) is 0 Å². The summed E-state index contributed by atoms with van der Waals surface area (Å²) in [7, 11) is 0. The zero-order valence-electron chi connectivity index (χ0n) is 10.1. The van der Waals surface area contributed by atoms with Crippen LogP contribution in [0, 0.1) is 17.2 Å². The second kappa shape index (κ2) is 3.95. The maximum Gasteiger partial charge on any atom is 0.419 e. The Hall–Kier alpha value is -1.10. The fourth-order valence-electron chi connectivity index (χ4n) is 2.22. The monoisotopic (exact) mass is 262 g/mol. The highest BCUT2D eigenvalue weighted by molar-refractivity contribution is 5.30. The molecule has 1 N–H and O–H groups in total. The van der Waals surface area contributed by atoms with E-state index in [9.17, 15) is 22.7 Å². The molecule has 1 aliphatic rings. The number of rotatable bonds is 2. The third-order valence-electron chi connectivity index (χ3n) is 3.61. The van der Waals surface area contributed by atoms with Crippen LogP contribution in [0.1, 0.15) is 37.5 Å². The highest BCUT2D eigenvalue weighted by Gasteiger charge is 2.50. The predicted octanol–water partition coefficient (Wildman–Crippen LogP) is 3.92. The Labute approximate surface area is 102 Å². The molecule has 5 heteroatoms. The molecule has 1 aromatic rings. The number of alkyl halides is 3. The summed E-state index contributed by atoms with van der Waals surface area (Å²) in [5.41, 5.74) is -1.26. The molecule has 0 amide bonds. The van der Waals surface area contributed by atoms with Crippen molar-refractivity contribution in [2.75, 3.05) is 0 Å². The molecule has 0 radical (unpaired) electrons. The van der Waals surface area contributed by atoms with Crippen LogP contribution in [-0.2, 0) is 6.18 Å². The Morgan fingerprint density at radius 2 is 1.89 bits per heavy atom. The van der Waals surface area contributed by atoms with Gasteiger partial charge in [0.15, 0.2) is 0 Å². The van der Waals surface area contributed by atoms with Crippen LogP contribution < -0.4 is 0 Å². The average molecular weight is 262 g/mol. The molecule has 1 fully saturated rings. The topological polar surface area (TPSA) is 20.2 Å². The Morgan fingerprint density at radius 1 is 1.33 bits per heavy atom. The minimum atomic E-state index is -4.74. The summed E-state index contributed by atoms with van der Waals surface area (Å²) in [5.74, 6) is -1.38. The molecule has 2 rings (SSSR count). The fourth-order valence-corrected chi connectivity index (χ4v) is 2.22. The van der Waals surface area contributed by atoms with Gasteiger partial charge in [-0.25, -0.2) is 4.39 Å². The molecule has 0 bridgehead atoms. The SMILES string of the molecule is CC1(C)CC1C(O)c1ccc(F)c(C(F)(F)F)c1. The van der Waals surface area contributed by atoms with Crippen LogP contribution in [0.3, 0.4) is 0 Å². The van der Waals surface area contributed by atoms with E-state index in [1.807, 2.05) is 13.8 Å². The van der Waals surface area contributed by atoms with E-state index in [-0.39, 0.29) is 16.9 Å². The zero-order chi connectivity index (χ0) is 13.7. The number of aliphatic hydroxyl groups excluding tert-OH is 1. The molecule has 0 saturated heterocycles. The Balaban J connectivity index is 2.31. The Kier molecular flexibility index (Phi) is 2.93. The van der Waals surface area contributed by atoms with E-state index in [1.165, 1.54) is 6.07 Å². The fraction of sp³-hybridized carbons (Fsp3) is 0.538. The van der Waals surface area contributed by atoms with Crippen molar-refractivity contribution in [3.05, 3.63) is 35.1 Å². The molecule has 1 aliphatic carbocycles. The van der Waals surface area contributed by atoms with Gasteiger partial charge in [0.2, 0.25) is 0 Å². The van der Waals surface area contributed by atoms with Crippen LogP contribution in [0.5, 0.6) is 0 Å². The van der Waals surface area contributed by atoms with E-state index in [0.29, 0.717) is 6.07 Å². The standard InChI is InChI=1S/C13H14F4O/c1-12(2)6-9(12)11(18)7-3-4-10(14)8(5-7)13(15,16)17/h3-5,9,11,18H,6H2,1-2H3. The lowest BCUT2D eigenvalue weighted by molar-refractivity contribution is -0.140. The van der Waals surface area contributed by atoms with Gasteiger partial charge in [0.1, 0.15) is 5.82 Å². The van der Waals surface area contributed by atoms with Crippen LogP contribution in [0.2, 0.25) is 0 Å². The van der Waals surface area contributed by atoms with Gasteiger partial charge in [-0.1, -0.05) is 19.9 Å². The lowest BCUT2D eigenvalue weighted by Crippen LogP contribution is -2.11.